The van der Waals surface area contributed by atoms with Gasteiger partial charge in [0.2, 0.25) is 5.13 Å². The van der Waals surface area contributed by atoms with E-state index in [0.717, 1.165) is 22.3 Å². The second-order valence-electron chi connectivity index (χ2n) is 5.32. The summed E-state index contributed by atoms with van der Waals surface area (Å²) in [7, 11) is 0. The summed E-state index contributed by atoms with van der Waals surface area (Å²) in [6.07, 6.45) is 0.444. The molecule has 1 amide bonds. The summed E-state index contributed by atoms with van der Waals surface area (Å²) < 4.78 is 40.4. The Bertz CT molecular complexity index is 522. The molecule has 1 heterocycles. The zero-order chi connectivity index (χ0) is 17.4. The topological polar surface area (TPSA) is 76.1 Å². The quantitative estimate of drug-likeness (QED) is 0.552. The van der Waals surface area contributed by atoms with Crippen LogP contribution in [0.3, 0.4) is 0 Å². The summed E-state index contributed by atoms with van der Waals surface area (Å²) in [6.45, 7) is -1.40. The fourth-order valence-corrected chi connectivity index (χ4v) is 3.99. The summed E-state index contributed by atoms with van der Waals surface area (Å²) in [5.74, 6) is 0.471. The maximum Gasteiger partial charge on any atom is 0.422 e. The normalized spacial score (nSPS) is 16.0. The Labute approximate surface area is 145 Å². The molecule has 1 aliphatic rings. The van der Waals surface area contributed by atoms with Crippen LogP contribution in [-0.4, -0.2) is 47.4 Å². The van der Waals surface area contributed by atoms with Crippen LogP contribution in [0.1, 0.15) is 32.1 Å². The number of hydrogen-bond donors (Lipinski definition) is 2. The smallest absolute Gasteiger partial charge is 0.422 e. The molecular formula is C13H19F3N4O2S2. The van der Waals surface area contributed by atoms with Crippen molar-refractivity contribution in [2.75, 3.05) is 24.2 Å². The Hall–Kier alpha value is -1.23. The molecule has 1 fully saturated rings. The second kappa shape index (κ2) is 9.30. The van der Waals surface area contributed by atoms with Crippen LogP contribution < -0.4 is 10.6 Å². The van der Waals surface area contributed by atoms with Crippen molar-refractivity contribution in [3.05, 3.63) is 0 Å². The first-order valence-corrected chi connectivity index (χ1v) is 9.43. The minimum Gasteiger partial charge on any atom is -0.440 e. The van der Waals surface area contributed by atoms with Gasteiger partial charge in [-0.3, -0.25) is 0 Å². The van der Waals surface area contributed by atoms with Crippen LogP contribution in [0.25, 0.3) is 0 Å². The molecule has 0 bridgehead atoms. The van der Waals surface area contributed by atoms with E-state index < -0.39 is 18.9 Å². The predicted octanol–water partition coefficient (Wildman–Crippen LogP) is 3.66. The van der Waals surface area contributed by atoms with Gasteiger partial charge < -0.3 is 15.4 Å². The van der Waals surface area contributed by atoms with Crippen LogP contribution >= 0.6 is 23.1 Å². The van der Waals surface area contributed by atoms with Crippen molar-refractivity contribution in [1.82, 2.24) is 15.5 Å². The number of nitrogens with one attached hydrogen (secondary N) is 2. The van der Waals surface area contributed by atoms with Gasteiger partial charge in [-0.2, -0.15) is 13.2 Å². The number of carbonyl (C=O) groups is 1. The molecular weight excluding hydrogens is 365 g/mol. The predicted molar refractivity (Wildman–Crippen MR) is 86.5 cm³/mol. The summed E-state index contributed by atoms with van der Waals surface area (Å²) in [6, 6.07) is 0.453. The standard InChI is InChI=1S/C13H19F3N4O2S2/c14-13(15,16)8-22-11(21)17-6-7-23-12-20-19-10(24-12)18-9-4-2-1-3-5-9/h9H,1-8H2,(H,17,21)(H,18,19). The van der Waals surface area contributed by atoms with Gasteiger partial charge in [0.25, 0.3) is 0 Å². The number of alkyl carbamates (subject to hydrolysis) is 1. The van der Waals surface area contributed by atoms with Gasteiger partial charge in [-0.1, -0.05) is 42.4 Å². The van der Waals surface area contributed by atoms with Crippen molar-refractivity contribution in [3.8, 4) is 0 Å². The zero-order valence-corrected chi connectivity index (χ0v) is 14.5. The third kappa shape index (κ3) is 7.56. The van der Waals surface area contributed by atoms with Gasteiger partial charge in [-0.15, -0.1) is 10.2 Å². The first-order chi connectivity index (χ1) is 11.4. The van der Waals surface area contributed by atoms with Gasteiger partial charge in [-0.05, 0) is 12.8 Å². The first kappa shape index (κ1) is 19.1. The van der Waals surface area contributed by atoms with Gasteiger partial charge in [-0.25, -0.2) is 4.79 Å². The molecule has 0 atom stereocenters. The lowest BCUT2D eigenvalue weighted by atomic mass is 9.96. The maximum atomic E-state index is 11.9. The molecule has 0 aromatic carbocycles. The number of amides is 1. The largest absolute Gasteiger partial charge is 0.440 e. The fraction of sp³-hybridized carbons (Fsp3) is 0.769. The highest BCUT2D eigenvalue weighted by molar-refractivity contribution is 8.01. The number of alkyl halides is 3. The highest BCUT2D eigenvalue weighted by Gasteiger charge is 2.29. The van der Waals surface area contributed by atoms with Crippen LogP contribution in [0.2, 0.25) is 0 Å². The van der Waals surface area contributed by atoms with Crippen LogP contribution in [0, 0.1) is 0 Å². The number of rotatable bonds is 7. The molecule has 0 saturated heterocycles. The monoisotopic (exact) mass is 384 g/mol. The number of thioether (sulfide) groups is 1. The molecule has 136 valence electrons. The summed E-state index contributed by atoms with van der Waals surface area (Å²) in [4.78, 5) is 11.0. The number of nitrogens with zero attached hydrogens (tertiary/aromatic N) is 2. The van der Waals surface area contributed by atoms with Gasteiger partial charge in [0.05, 0.1) is 0 Å². The minimum absolute atomic E-state index is 0.187. The summed E-state index contributed by atoms with van der Waals surface area (Å²) in [5.41, 5.74) is 0. The van der Waals surface area contributed by atoms with Gasteiger partial charge in [0, 0.05) is 18.3 Å². The molecule has 1 saturated carbocycles. The Kier molecular flexibility index (Phi) is 7.40. The van der Waals surface area contributed by atoms with E-state index in [9.17, 15) is 18.0 Å². The van der Waals surface area contributed by atoms with E-state index in [4.69, 9.17) is 0 Å². The number of carbonyl (C=O) groups excluding carboxylic acids is 1. The van der Waals surface area contributed by atoms with Crippen LogP contribution in [0.5, 0.6) is 0 Å². The average molecular weight is 384 g/mol. The second-order valence-corrected chi connectivity index (χ2v) is 7.64. The molecule has 0 spiro atoms. The van der Waals surface area contributed by atoms with Crippen molar-refractivity contribution in [3.63, 3.8) is 0 Å². The van der Waals surface area contributed by atoms with E-state index in [1.807, 2.05) is 0 Å². The number of ether oxygens (including phenoxy) is 1. The molecule has 1 aromatic heterocycles. The van der Waals surface area contributed by atoms with Gasteiger partial charge in [0.1, 0.15) is 0 Å². The van der Waals surface area contributed by atoms with Gasteiger partial charge >= 0.3 is 12.3 Å². The van der Waals surface area contributed by atoms with E-state index in [2.05, 4.69) is 25.6 Å². The minimum atomic E-state index is -4.51. The molecule has 0 aliphatic heterocycles. The average Bonchev–Trinajstić information content (AvgIpc) is 2.97. The molecule has 2 rings (SSSR count). The number of halogens is 3. The van der Waals surface area contributed by atoms with Crippen molar-refractivity contribution in [2.24, 2.45) is 0 Å². The number of hydrogen-bond acceptors (Lipinski definition) is 7. The molecule has 0 radical (unpaired) electrons. The highest BCUT2D eigenvalue weighted by atomic mass is 32.2. The van der Waals surface area contributed by atoms with E-state index in [1.54, 1.807) is 0 Å². The summed E-state index contributed by atoms with van der Waals surface area (Å²) in [5, 5.41) is 14.5. The zero-order valence-electron chi connectivity index (χ0n) is 12.9. The molecule has 6 nitrogen and oxygen atoms in total. The van der Waals surface area contributed by atoms with Crippen LogP contribution in [0.15, 0.2) is 4.34 Å². The van der Waals surface area contributed by atoms with Crippen molar-refractivity contribution >= 4 is 34.3 Å². The molecule has 2 N–H and O–H groups in total. The highest BCUT2D eigenvalue weighted by Crippen LogP contribution is 2.28. The lowest BCUT2D eigenvalue weighted by Crippen LogP contribution is -2.30. The molecule has 11 heteroatoms. The van der Waals surface area contributed by atoms with Crippen molar-refractivity contribution in [1.29, 1.82) is 0 Å². The lowest BCUT2D eigenvalue weighted by Gasteiger charge is -2.21. The Morgan fingerprint density at radius 2 is 2.04 bits per heavy atom. The third-order valence-corrected chi connectivity index (χ3v) is 5.29. The van der Waals surface area contributed by atoms with Crippen molar-refractivity contribution in [2.45, 2.75) is 48.7 Å². The SMILES string of the molecule is O=C(NCCSc1nnc(NC2CCCCC2)s1)OCC(F)(F)F. The molecule has 1 aromatic rings. The molecule has 1 aliphatic carbocycles. The lowest BCUT2D eigenvalue weighted by molar-refractivity contribution is -0.160. The van der Waals surface area contributed by atoms with Crippen molar-refractivity contribution < 1.29 is 22.7 Å². The molecule has 24 heavy (non-hydrogen) atoms. The van der Waals surface area contributed by atoms with Crippen LogP contribution in [0.4, 0.5) is 23.1 Å². The Morgan fingerprint density at radius 3 is 2.75 bits per heavy atom. The number of aromatic nitrogens is 2. The van der Waals surface area contributed by atoms with E-state index in [0.29, 0.717) is 11.8 Å². The molecule has 0 unspecified atom stereocenters. The Morgan fingerprint density at radius 1 is 1.29 bits per heavy atom. The Balaban J connectivity index is 1.60. The third-order valence-electron chi connectivity index (χ3n) is 3.30. The fourth-order valence-electron chi connectivity index (χ4n) is 2.24. The maximum absolute atomic E-state index is 11.9. The summed E-state index contributed by atoms with van der Waals surface area (Å²) >= 11 is 2.82. The number of anilines is 1. The van der Waals surface area contributed by atoms with E-state index in [-0.39, 0.29) is 6.54 Å². The first-order valence-electron chi connectivity index (χ1n) is 7.62. The van der Waals surface area contributed by atoms with E-state index in [1.165, 1.54) is 42.4 Å². The van der Waals surface area contributed by atoms with Crippen LogP contribution in [-0.2, 0) is 4.74 Å². The van der Waals surface area contributed by atoms with E-state index >= 15 is 0 Å². The van der Waals surface area contributed by atoms with Gasteiger partial charge in [0.15, 0.2) is 10.9 Å².